The summed E-state index contributed by atoms with van der Waals surface area (Å²) in [5.74, 6) is -0.911. The van der Waals surface area contributed by atoms with E-state index in [1.807, 2.05) is 0 Å². The molecule has 0 spiro atoms. The minimum Gasteiger partial charge on any atom is -0.462 e. The van der Waals surface area contributed by atoms with Crippen molar-refractivity contribution in [3.05, 3.63) is 51.8 Å². The van der Waals surface area contributed by atoms with Crippen molar-refractivity contribution in [2.45, 2.75) is 20.8 Å². The molecule has 28 heavy (non-hydrogen) atoms. The molecule has 1 aromatic carbocycles. The summed E-state index contributed by atoms with van der Waals surface area (Å²) in [6, 6.07) is 6.77. The van der Waals surface area contributed by atoms with Gasteiger partial charge in [-0.1, -0.05) is 11.6 Å². The van der Waals surface area contributed by atoms with Gasteiger partial charge in [0.05, 0.1) is 31.0 Å². The van der Waals surface area contributed by atoms with E-state index in [-0.39, 0.29) is 31.4 Å². The molecule has 7 nitrogen and oxygen atoms in total. The van der Waals surface area contributed by atoms with Gasteiger partial charge in [-0.05, 0) is 57.6 Å². The molecule has 1 aromatic heterocycles. The number of hydrogen-bond donors (Lipinski definition) is 2. The number of ether oxygens (including phenoxy) is 1. The number of benzene rings is 1. The Labute approximate surface area is 169 Å². The zero-order valence-corrected chi connectivity index (χ0v) is 17.1. The first-order chi connectivity index (χ1) is 13.2. The number of hydrogen-bond acceptors (Lipinski definition) is 5. The number of aromatic amines is 1. The normalized spacial score (nSPS) is 10.8. The molecule has 0 unspecified atom stereocenters. The van der Waals surface area contributed by atoms with Gasteiger partial charge < -0.3 is 15.0 Å². The molecule has 0 radical (unpaired) electrons. The van der Waals surface area contributed by atoms with Crippen LogP contribution in [0.4, 0.5) is 5.69 Å². The summed E-state index contributed by atoms with van der Waals surface area (Å²) in [7, 11) is 1.68. The van der Waals surface area contributed by atoms with Crippen LogP contribution in [-0.2, 0) is 9.53 Å². The number of anilines is 1. The lowest BCUT2D eigenvalue weighted by atomic mass is 10.1. The van der Waals surface area contributed by atoms with E-state index in [0.717, 1.165) is 0 Å². The van der Waals surface area contributed by atoms with Crippen molar-refractivity contribution in [1.82, 2.24) is 9.88 Å². The van der Waals surface area contributed by atoms with Crippen LogP contribution in [0, 0.1) is 13.8 Å². The quantitative estimate of drug-likeness (QED) is 0.519. The molecule has 2 N–H and O–H groups in total. The number of ketones is 1. The third-order valence-electron chi connectivity index (χ3n) is 4.15. The Kier molecular flexibility index (Phi) is 7.37. The number of aromatic nitrogens is 1. The zero-order valence-electron chi connectivity index (χ0n) is 16.4. The van der Waals surface area contributed by atoms with E-state index in [0.29, 0.717) is 33.2 Å². The van der Waals surface area contributed by atoms with E-state index in [1.165, 1.54) is 0 Å². The Hall–Kier alpha value is -2.64. The number of amides is 1. The highest BCUT2D eigenvalue weighted by molar-refractivity contribution is 6.30. The second kappa shape index (κ2) is 9.52. The van der Waals surface area contributed by atoms with Crippen molar-refractivity contribution < 1.29 is 19.1 Å². The summed E-state index contributed by atoms with van der Waals surface area (Å²) in [6.07, 6.45) is 0. The van der Waals surface area contributed by atoms with Crippen LogP contribution < -0.4 is 5.32 Å². The molecular weight excluding hydrogens is 382 g/mol. The van der Waals surface area contributed by atoms with Crippen LogP contribution >= 0.6 is 11.6 Å². The van der Waals surface area contributed by atoms with Crippen LogP contribution in [0.5, 0.6) is 0 Å². The number of carbonyl (C=O) groups excluding carboxylic acids is 3. The average molecular weight is 406 g/mol. The molecule has 0 aliphatic carbocycles. The Morgan fingerprint density at radius 2 is 1.79 bits per heavy atom. The summed E-state index contributed by atoms with van der Waals surface area (Å²) in [4.78, 5) is 41.4. The van der Waals surface area contributed by atoms with Crippen molar-refractivity contribution >= 4 is 34.9 Å². The second-order valence-electron chi connectivity index (χ2n) is 6.50. The molecule has 0 saturated carbocycles. The highest BCUT2D eigenvalue weighted by Crippen LogP contribution is 2.20. The second-order valence-corrected chi connectivity index (χ2v) is 6.93. The molecule has 0 aliphatic heterocycles. The van der Waals surface area contributed by atoms with Crippen LogP contribution in [0.15, 0.2) is 24.3 Å². The predicted octanol–water partition coefficient (Wildman–Crippen LogP) is 3.21. The molecule has 0 atom stereocenters. The van der Waals surface area contributed by atoms with Gasteiger partial charge in [0.1, 0.15) is 0 Å². The Bertz CT molecular complexity index is 874. The molecule has 1 heterocycles. The smallest absolute Gasteiger partial charge is 0.340 e. The molecular formula is C20H24ClN3O4. The van der Waals surface area contributed by atoms with E-state index in [2.05, 4.69) is 10.3 Å². The third-order valence-corrected chi connectivity index (χ3v) is 4.40. The van der Waals surface area contributed by atoms with Crippen molar-refractivity contribution in [2.75, 3.05) is 32.1 Å². The molecule has 150 valence electrons. The zero-order chi connectivity index (χ0) is 20.8. The number of aryl methyl sites for hydroxylation is 1. The van der Waals surface area contributed by atoms with Crippen molar-refractivity contribution in [1.29, 1.82) is 0 Å². The SMILES string of the molecule is CCOC(=O)c1c(C)[nH]c(C(=O)CN(C)CC(=O)Nc2ccc(Cl)cc2)c1C. The van der Waals surface area contributed by atoms with Crippen LogP contribution in [0.2, 0.25) is 5.02 Å². The molecule has 2 aromatic rings. The first kappa shape index (κ1) is 21.7. The standard InChI is InChI=1S/C20H24ClN3O4/c1-5-28-20(27)18-12(2)19(22-13(18)3)16(25)10-24(4)11-17(26)23-15-8-6-14(21)7-9-15/h6-9,22H,5,10-11H2,1-4H3,(H,23,26). The lowest BCUT2D eigenvalue weighted by Gasteiger charge is -2.15. The van der Waals surface area contributed by atoms with Crippen molar-refractivity contribution in [3.8, 4) is 0 Å². The van der Waals surface area contributed by atoms with Crippen LogP contribution in [0.3, 0.4) is 0 Å². The van der Waals surface area contributed by atoms with Gasteiger partial charge >= 0.3 is 5.97 Å². The number of carbonyl (C=O) groups is 3. The monoisotopic (exact) mass is 405 g/mol. The van der Waals surface area contributed by atoms with E-state index in [1.54, 1.807) is 57.0 Å². The highest BCUT2D eigenvalue weighted by Gasteiger charge is 2.23. The summed E-state index contributed by atoms with van der Waals surface area (Å²) in [6.45, 7) is 5.48. The number of nitrogens with one attached hydrogen (secondary N) is 2. The maximum Gasteiger partial charge on any atom is 0.340 e. The van der Waals surface area contributed by atoms with Crippen LogP contribution in [0.1, 0.15) is 39.0 Å². The summed E-state index contributed by atoms with van der Waals surface area (Å²) in [5, 5.41) is 3.33. The number of esters is 1. The minimum atomic E-state index is -0.455. The average Bonchev–Trinajstić information content (AvgIpc) is 2.91. The van der Waals surface area contributed by atoms with E-state index < -0.39 is 5.97 Å². The molecule has 2 rings (SSSR count). The van der Waals surface area contributed by atoms with Gasteiger partial charge in [0.15, 0.2) is 5.78 Å². The van der Waals surface area contributed by atoms with Crippen molar-refractivity contribution in [2.24, 2.45) is 0 Å². The van der Waals surface area contributed by atoms with E-state index in [4.69, 9.17) is 16.3 Å². The number of H-pyrrole nitrogens is 1. The first-order valence-electron chi connectivity index (χ1n) is 8.86. The fourth-order valence-corrected chi connectivity index (χ4v) is 3.02. The van der Waals surface area contributed by atoms with Crippen LogP contribution in [-0.4, -0.2) is 54.3 Å². The minimum absolute atomic E-state index is 0.0249. The lowest BCUT2D eigenvalue weighted by molar-refractivity contribution is -0.116. The summed E-state index contributed by atoms with van der Waals surface area (Å²) < 4.78 is 5.04. The van der Waals surface area contributed by atoms with Gasteiger partial charge in [0.2, 0.25) is 5.91 Å². The molecule has 0 saturated heterocycles. The van der Waals surface area contributed by atoms with Gasteiger partial charge in [-0.15, -0.1) is 0 Å². The summed E-state index contributed by atoms with van der Waals surface area (Å²) >= 11 is 5.82. The van der Waals surface area contributed by atoms with Gasteiger partial charge in [0.25, 0.3) is 0 Å². The fourth-order valence-electron chi connectivity index (χ4n) is 2.90. The lowest BCUT2D eigenvalue weighted by Crippen LogP contribution is -2.34. The van der Waals surface area contributed by atoms with Gasteiger partial charge in [0, 0.05) is 16.4 Å². The van der Waals surface area contributed by atoms with Gasteiger partial charge in [-0.25, -0.2) is 4.79 Å². The maximum atomic E-state index is 12.6. The topological polar surface area (TPSA) is 91.5 Å². The molecule has 8 heteroatoms. The molecule has 0 bridgehead atoms. The van der Waals surface area contributed by atoms with Crippen LogP contribution in [0.25, 0.3) is 0 Å². The van der Waals surface area contributed by atoms with Gasteiger partial charge in [-0.2, -0.15) is 0 Å². The number of rotatable bonds is 8. The first-order valence-corrected chi connectivity index (χ1v) is 9.24. The Morgan fingerprint density at radius 3 is 2.39 bits per heavy atom. The Morgan fingerprint density at radius 1 is 1.14 bits per heavy atom. The summed E-state index contributed by atoms with van der Waals surface area (Å²) in [5.41, 5.74) is 2.50. The van der Waals surface area contributed by atoms with Gasteiger partial charge in [-0.3, -0.25) is 14.5 Å². The number of likely N-dealkylation sites (N-methyl/N-ethyl adjacent to an activating group) is 1. The molecule has 1 amide bonds. The highest BCUT2D eigenvalue weighted by atomic mass is 35.5. The number of Topliss-reactive ketones (excluding diaryl/α,β-unsaturated/α-hetero) is 1. The Balaban J connectivity index is 1.98. The third kappa shape index (κ3) is 5.43. The molecule has 0 fully saturated rings. The predicted molar refractivity (Wildman–Crippen MR) is 108 cm³/mol. The number of halogens is 1. The number of nitrogens with zero attached hydrogens (tertiary/aromatic N) is 1. The fraction of sp³-hybridized carbons (Fsp3) is 0.350. The maximum absolute atomic E-state index is 12.6. The largest absolute Gasteiger partial charge is 0.462 e. The van der Waals surface area contributed by atoms with E-state index in [9.17, 15) is 14.4 Å². The van der Waals surface area contributed by atoms with E-state index >= 15 is 0 Å². The molecule has 0 aliphatic rings. The van der Waals surface area contributed by atoms with Crippen molar-refractivity contribution in [3.63, 3.8) is 0 Å².